The van der Waals surface area contributed by atoms with Gasteiger partial charge in [-0.25, -0.2) is 0 Å². The van der Waals surface area contributed by atoms with Crippen molar-refractivity contribution >= 4 is 17.7 Å². The minimum absolute atomic E-state index is 0.0135. The summed E-state index contributed by atoms with van der Waals surface area (Å²) >= 11 is 1.52. The quantitative estimate of drug-likeness (QED) is 0.935. The standard InChI is InChI=1S/C19H21NO2S/c1-14-7-9-16(10-8-14)18(21)20(17-11-12-23-19(17)22)13-15-5-3-2-4-6-15/h2-10,17,19,22H,11-13H2,1H3. The Hall–Kier alpha value is -1.78. The molecular formula is C19H21NO2S. The number of thioether (sulfide) groups is 1. The van der Waals surface area contributed by atoms with Crippen LogP contribution in [0.4, 0.5) is 0 Å². The minimum Gasteiger partial charge on any atom is -0.380 e. The van der Waals surface area contributed by atoms with E-state index in [9.17, 15) is 9.90 Å². The molecule has 0 spiro atoms. The number of aliphatic hydroxyl groups is 1. The van der Waals surface area contributed by atoms with Gasteiger partial charge >= 0.3 is 0 Å². The van der Waals surface area contributed by atoms with Crippen LogP contribution in [0.3, 0.4) is 0 Å². The molecule has 23 heavy (non-hydrogen) atoms. The molecule has 0 aromatic heterocycles. The van der Waals surface area contributed by atoms with Crippen LogP contribution in [0.2, 0.25) is 0 Å². The van der Waals surface area contributed by atoms with Gasteiger partial charge in [0.25, 0.3) is 5.91 Å². The second kappa shape index (κ2) is 7.20. The Morgan fingerprint density at radius 3 is 2.48 bits per heavy atom. The number of amides is 1. The molecule has 1 aliphatic rings. The fourth-order valence-electron chi connectivity index (χ4n) is 2.85. The lowest BCUT2D eigenvalue weighted by molar-refractivity contribution is 0.0539. The van der Waals surface area contributed by atoms with Gasteiger partial charge in [-0.05, 0) is 36.8 Å². The number of rotatable bonds is 4. The largest absolute Gasteiger partial charge is 0.380 e. The third-order valence-electron chi connectivity index (χ3n) is 4.19. The maximum Gasteiger partial charge on any atom is 0.254 e. The van der Waals surface area contributed by atoms with E-state index in [1.165, 1.54) is 11.8 Å². The Labute approximate surface area is 141 Å². The van der Waals surface area contributed by atoms with E-state index in [1.807, 2.05) is 66.4 Å². The molecule has 1 fully saturated rings. The number of hydrogen-bond acceptors (Lipinski definition) is 3. The summed E-state index contributed by atoms with van der Waals surface area (Å²) in [5.74, 6) is 0.874. The van der Waals surface area contributed by atoms with E-state index in [0.717, 1.165) is 23.3 Å². The van der Waals surface area contributed by atoms with Crippen molar-refractivity contribution in [3.05, 3.63) is 71.3 Å². The molecule has 0 radical (unpaired) electrons. The Morgan fingerprint density at radius 2 is 1.87 bits per heavy atom. The number of aryl methyl sites for hydroxylation is 1. The average molecular weight is 327 g/mol. The molecule has 120 valence electrons. The van der Waals surface area contributed by atoms with E-state index >= 15 is 0 Å². The zero-order valence-corrected chi connectivity index (χ0v) is 14.0. The zero-order chi connectivity index (χ0) is 16.2. The van der Waals surface area contributed by atoms with Gasteiger partial charge in [0.05, 0.1) is 6.04 Å². The number of nitrogens with zero attached hydrogens (tertiary/aromatic N) is 1. The molecule has 1 saturated heterocycles. The highest BCUT2D eigenvalue weighted by Gasteiger charge is 2.34. The van der Waals surface area contributed by atoms with Gasteiger partial charge in [-0.2, -0.15) is 0 Å². The molecule has 0 saturated carbocycles. The summed E-state index contributed by atoms with van der Waals surface area (Å²) in [4.78, 5) is 14.8. The van der Waals surface area contributed by atoms with Gasteiger partial charge in [0.15, 0.2) is 0 Å². The minimum atomic E-state index is -0.506. The lowest BCUT2D eigenvalue weighted by atomic mass is 10.1. The fraction of sp³-hybridized carbons (Fsp3) is 0.316. The van der Waals surface area contributed by atoms with E-state index in [0.29, 0.717) is 12.1 Å². The van der Waals surface area contributed by atoms with Crippen molar-refractivity contribution in [2.45, 2.75) is 31.4 Å². The highest BCUT2D eigenvalue weighted by molar-refractivity contribution is 8.00. The summed E-state index contributed by atoms with van der Waals surface area (Å²) in [5, 5.41) is 10.2. The molecule has 4 heteroatoms. The molecule has 0 bridgehead atoms. The van der Waals surface area contributed by atoms with Crippen molar-refractivity contribution in [1.29, 1.82) is 0 Å². The van der Waals surface area contributed by atoms with Crippen LogP contribution in [0.1, 0.15) is 27.9 Å². The van der Waals surface area contributed by atoms with Gasteiger partial charge in [0.2, 0.25) is 0 Å². The molecule has 2 aromatic rings. The normalized spacial score (nSPS) is 20.4. The summed E-state index contributed by atoms with van der Waals surface area (Å²) in [6.45, 7) is 2.53. The van der Waals surface area contributed by atoms with Crippen LogP contribution in [0.15, 0.2) is 54.6 Å². The van der Waals surface area contributed by atoms with Crippen molar-refractivity contribution in [3.63, 3.8) is 0 Å². The molecule has 0 aliphatic carbocycles. The lowest BCUT2D eigenvalue weighted by Crippen LogP contribution is -2.43. The maximum absolute atomic E-state index is 13.0. The monoisotopic (exact) mass is 327 g/mol. The first-order chi connectivity index (χ1) is 11.1. The Bertz CT molecular complexity index is 657. The van der Waals surface area contributed by atoms with Crippen LogP contribution in [0.5, 0.6) is 0 Å². The van der Waals surface area contributed by atoms with E-state index in [-0.39, 0.29) is 11.9 Å². The molecule has 3 rings (SSSR count). The second-order valence-electron chi connectivity index (χ2n) is 5.90. The van der Waals surface area contributed by atoms with Gasteiger partial charge in [0, 0.05) is 12.1 Å². The van der Waals surface area contributed by atoms with Crippen molar-refractivity contribution in [2.75, 3.05) is 5.75 Å². The van der Waals surface area contributed by atoms with Crippen molar-refractivity contribution in [1.82, 2.24) is 4.90 Å². The van der Waals surface area contributed by atoms with Gasteiger partial charge in [-0.15, -0.1) is 11.8 Å². The SMILES string of the molecule is Cc1ccc(C(=O)N(Cc2ccccc2)C2CCSC2O)cc1. The molecule has 2 unspecified atom stereocenters. The number of aliphatic hydroxyl groups excluding tert-OH is 1. The summed E-state index contributed by atoms with van der Waals surface area (Å²) in [6.07, 6.45) is 0.830. The smallest absolute Gasteiger partial charge is 0.254 e. The first kappa shape index (κ1) is 16.1. The van der Waals surface area contributed by atoms with Crippen molar-refractivity contribution < 1.29 is 9.90 Å². The average Bonchev–Trinajstić information content (AvgIpc) is 2.99. The highest BCUT2D eigenvalue weighted by atomic mass is 32.2. The predicted octanol–water partition coefficient (Wildman–Crippen LogP) is 3.46. The first-order valence-corrected chi connectivity index (χ1v) is 8.91. The zero-order valence-electron chi connectivity index (χ0n) is 13.2. The van der Waals surface area contributed by atoms with Crippen LogP contribution in [0, 0.1) is 6.92 Å². The molecule has 1 heterocycles. The first-order valence-electron chi connectivity index (χ1n) is 7.86. The molecule has 1 N–H and O–H groups in total. The van der Waals surface area contributed by atoms with Crippen molar-refractivity contribution in [2.24, 2.45) is 0 Å². The highest BCUT2D eigenvalue weighted by Crippen LogP contribution is 2.30. The van der Waals surface area contributed by atoms with E-state index < -0.39 is 5.44 Å². The predicted molar refractivity (Wildman–Crippen MR) is 94.4 cm³/mol. The lowest BCUT2D eigenvalue weighted by Gasteiger charge is -2.31. The molecule has 1 aliphatic heterocycles. The molecule has 2 aromatic carbocycles. The topological polar surface area (TPSA) is 40.5 Å². The third-order valence-corrected chi connectivity index (χ3v) is 5.31. The Kier molecular flexibility index (Phi) is 5.03. The number of carbonyl (C=O) groups is 1. The van der Waals surface area contributed by atoms with Crippen LogP contribution < -0.4 is 0 Å². The summed E-state index contributed by atoms with van der Waals surface area (Å²) in [7, 11) is 0. The summed E-state index contributed by atoms with van der Waals surface area (Å²) in [6, 6.07) is 17.5. The van der Waals surface area contributed by atoms with Gasteiger partial charge in [-0.3, -0.25) is 4.79 Å². The van der Waals surface area contributed by atoms with Crippen molar-refractivity contribution in [3.8, 4) is 0 Å². The van der Waals surface area contributed by atoms with E-state index in [1.54, 1.807) is 0 Å². The van der Waals surface area contributed by atoms with E-state index in [2.05, 4.69) is 0 Å². The van der Waals surface area contributed by atoms with Crippen LogP contribution >= 0.6 is 11.8 Å². The molecule has 1 amide bonds. The fourth-order valence-corrected chi connectivity index (χ4v) is 3.98. The van der Waals surface area contributed by atoms with Crippen LogP contribution in [0.25, 0.3) is 0 Å². The molecule has 3 nitrogen and oxygen atoms in total. The van der Waals surface area contributed by atoms with Gasteiger partial charge < -0.3 is 10.0 Å². The Balaban J connectivity index is 1.87. The molecular weight excluding hydrogens is 306 g/mol. The maximum atomic E-state index is 13.0. The number of carbonyl (C=O) groups excluding carboxylic acids is 1. The third kappa shape index (κ3) is 3.77. The number of benzene rings is 2. The van der Waals surface area contributed by atoms with Gasteiger partial charge in [-0.1, -0.05) is 48.0 Å². The number of hydrogen-bond donors (Lipinski definition) is 1. The van der Waals surface area contributed by atoms with Crippen LogP contribution in [-0.4, -0.2) is 33.1 Å². The van der Waals surface area contributed by atoms with E-state index in [4.69, 9.17) is 0 Å². The van der Waals surface area contributed by atoms with Crippen LogP contribution in [-0.2, 0) is 6.54 Å². The van der Waals surface area contributed by atoms with Gasteiger partial charge in [0.1, 0.15) is 5.44 Å². The second-order valence-corrected chi connectivity index (χ2v) is 7.13. The summed E-state index contributed by atoms with van der Waals surface area (Å²) in [5.41, 5.74) is 2.38. The summed E-state index contributed by atoms with van der Waals surface area (Å²) < 4.78 is 0. The molecule has 2 atom stereocenters. The Morgan fingerprint density at radius 1 is 1.17 bits per heavy atom.